The van der Waals surface area contributed by atoms with Crippen LogP contribution in [0.1, 0.15) is 34.9 Å². The number of carbonyl (C=O) groups is 1. The summed E-state index contributed by atoms with van der Waals surface area (Å²) in [5.74, 6) is 0.395. The summed E-state index contributed by atoms with van der Waals surface area (Å²) in [6.45, 7) is 1.47. The van der Waals surface area contributed by atoms with Gasteiger partial charge in [0.15, 0.2) is 0 Å². The molecule has 4 rings (SSSR count). The van der Waals surface area contributed by atoms with Crippen LogP contribution in [0.5, 0.6) is 0 Å². The normalized spacial score (nSPS) is 15.6. The van der Waals surface area contributed by atoms with E-state index in [4.69, 9.17) is 0 Å². The van der Waals surface area contributed by atoms with E-state index in [9.17, 15) is 4.79 Å². The van der Waals surface area contributed by atoms with Crippen molar-refractivity contribution < 1.29 is 4.79 Å². The van der Waals surface area contributed by atoms with E-state index in [0.29, 0.717) is 11.6 Å². The molecule has 122 valence electrons. The molecule has 24 heavy (non-hydrogen) atoms. The lowest BCUT2D eigenvalue weighted by Crippen LogP contribution is -2.38. The van der Waals surface area contributed by atoms with Crippen LogP contribution in [0.2, 0.25) is 0 Å². The van der Waals surface area contributed by atoms with Crippen LogP contribution in [0.4, 0.5) is 0 Å². The summed E-state index contributed by atoms with van der Waals surface area (Å²) in [4.78, 5) is 18.3. The van der Waals surface area contributed by atoms with Gasteiger partial charge >= 0.3 is 0 Å². The third-order valence-electron chi connectivity index (χ3n) is 4.58. The number of amides is 1. The molecular weight excluding hydrogens is 304 g/mol. The van der Waals surface area contributed by atoms with Crippen molar-refractivity contribution in [3.05, 3.63) is 54.4 Å². The van der Waals surface area contributed by atoms with Crippen molar-refractivity contribution in [2.75, 3.05) is 13.1 Å². The van der Waals surface area contributed by atoms with E-state index in [1.54, 1.807) is 24.7 Å². The summed E-state index contributed by atoms with van der Waals surface area (Å²) in [6.07, 6.45) is 8.88. The van der Waals surface area contributed by atoms with E-state index < -0.39 is 0 Å². The summed E-state index contributed by atoms with van der Waals surface area (Å²) >= 11 is 0. The van der Waals surface area contributed by atoms with Gasteiger partial charge in [0.1, 0.15) is 5.69 Å². The van der Waals surface area contributed by atoms with Gasteiger partial charge in [-0.1, -0.05) is 0 Å². The summed E-state index contributed by atoms with van der Waals surface area (Å²) < 4.78 is 0. The van der Waals surface area contributed by atoms with E-state index >= 15 is 0 Å². The number of aromatic nitrogens is 5. The van der Waals surface area contributed by atoms with Crippen LogP contribution in [-0.2, 0) is 0 Å². The molecule has 0 saturated carbocycles. The zero-order valence-electron chi connectivity index (χ0n) is 13.1. The predicted molar refractivity (Wildman–Crippen MR) is 88.3 cm³/mol. The van der Waals surface area contributed by atoms with Gasteiger partial charge in [-0.05, 0) is 36.6 Å². The Hall–Kier alpha value is -2.96. The first-order chi connectivity index (χ1) is 11.8. The molecule has 0 atom stereocenters. The van der Waals surface area contributed by atoms with Crippen LogP contribution in [0.3, 0.4) is 0 Å². The Bertz CT molecular complexity index is 803. The van der Waals surface area contributed by atoms with Crippen molar-refractivity contribution in [3.8, 4) is 11.1 Å². The van der Waals surface area contributed by atoms with Gasteiger partial charge in [0.25, 0.3) is 5.91 Å². The van der Waals surface area contributed by atoms with Crippen LogP contribution < -0.4 is 0 Å². The molecule has 4 heterocycles. The Morgan fingerprint density at radius 1 is 1.04 bits per heavy atom. The molecular formula is C17H18N6O. The Balaban J connectivity index is 1.47. The minimum atomic E-state index is 0.0184. The quantitative estimate of drug-likeness (QED) is 0.773. The second kappa shape index (κ2) is 6.27. The molecule has 1 aliphatic heterocycles. The number of rotatable bonds is 3. The van der Waals surface area contributed by atoms with E-state index in [-0.39, 0.29) is 5.91 Å². The highest BCUT2D eigenvalue weighted by molar-refractivity contribution is 5.92. The van der Waals surface area contributed by atoms with Crippen molar-refractivity contribution in [3.63, 3.8) is 0 Å². The van der Waals surface area contributed by atoms with Gasteiger partial charge in [-0.15, -0.1) is 0 Å². The molecule has 0 radical (unpaired) electrons. The second-order valence-electron chi connectivity index (χ2n) is 5.97. The number of hydrogen-bond donors (Lipinski definition) is 2. The molecule has 1 amide bonds. The van der Waals surface area contributed by atoms with Crippen LogP contribution in [0, 0.1) is 0 Å². The van der Waals surface area contributed by atoms with Crippen molar-refractivity contribution in [1.82, 2.24) is 30.3 Å². The van der Waals surface area contributed by atoms with Crippen molar-refractivity contribution in [2.24, 2.45) is 0 Å². The minimum Gasteiger partial charge on any atom is -0.337 e. The molecule has 2 N–H and O–H groups in total. The summed E-state index contributed by atoms with van der Waals surface area (Å²) in [5, 5.41) is 14.0. The van der Waals surface area contributed by atoms with Crippen molar-refractivity contribution in [1.29, 1.82) is 0 Å². The molecule has 0 bridgehead atoms. The number of hydrogen-bond acceptors (Lipinski definition) is 4. The van der Waals surface area contributed by atoms with Crippen LogP contribution in [0.15, 0.2) is 43.0 Å². The van der Waals surface area contributed by atoms with Crippen molar-refractivity contribution >= 4 is 5.91 Å². The largest absolute Gasteiger partial charge is 0.337 e. The van der Waals surface area contributed by atoms with Gasteiger partial charge in [-0.2, -0.15) is 10.2 Å². The highest BCUT2D eigenvalue weighted by Gasteiger charge is 2.27. The lowest BCUT2D eigenvalue weighted by molar-refractivity contribution is 0.0706. The SMILES string of the molecule is O=C(c1ccn[nH]1)N1CCC(c2[nH]ncc2-c2ccncc2)CC1. The average molecular weight is 322 g/mol. The fourth-order valence-electron chi connectivity index (χ4n) is 3.29. The maximum atomic E-state index is 12.4. The summed E-state index contributed by atoms with van der Waals surface area (Å²) in [7, 11) is 0. The van der Waals surface area contributed by atoms with Gasteiger partial charge in [-0.25, -0.2) is 0 Å². The Morgan fingerprint density at radius 2 is 1.83 bits per heavy atom. The van der Waals surface area contributed by atoms with Gasteiger partial charge < -0.3 is 4.90 Å². The highest BCUT2D eigenvalue weighted by Crippen LogP contribution is 2.33. The third-order valence-corrected chi connectivity index (χ3v) is 4.58. The smallest absolute Gasteiger partial charge is 0.271 e. The Kier molecular flexibility index (Phi) is 3.82. The van der Waals surface area contributed by atoms with Crippen molar-refractivity contribution in [2.45, 2.75) is 18.8 Å². The van der Waals surface area contributed by atoms with E-state index in [1.807, 2.05) is 23.2 Å². The lowest BCUT2D eigenvalue weighted by Gasteiger charge is -2.31. The first-order valence-electron chi connectivity index (χ1n) is 8.05. The number of carbonyl (C=O) groups excluding carboxylic acids is 1. The molecule has 1 fully saturated rings. The summed E-state index contributed by atoms with van der Waals surface area (Å²) in [6, 6.07) is 5.70. The fraction of sp³-hybridized carbons (Fsp3) is 0.294. The molecule has 1 saturated heterocycles. The number of aromatic amines is 2. The number of nitrogens with zero attached hydrogens (tertiary/aromatic N) is 4. The van der Waals surface area contributed by atoms with Gasteiger partial charge in [0, 0.05) is 48.9 Å². The molecule has 0 aliphatic carbocycles. The van der Waals surface area contributed by atoms with E-state index in [0.717, 1.165) is 42.8 Å². The van der Waals surface area contributed by atoms with Crippen LogP contribution >= 0.6 is 0 Å². The number of nitrogens with one attached hydrogen (secondary N) is 2. The topological polar surface area (TPSA) is 90.6 Å². The number of likely N-dealkylation sites (tertiary alicyclic amines) is 1. The second-order valence-corrected chi connectivity index (χ2v) is 5.97. The maximum absolute atomic E-state index is 12.4. The van der Waals surface area contributed by atoms with Gasteiger partial charge in [0.2, 0.25) is 0 Å². The average Bonchev–Trinajstić information content (AvgIpc) is 3.34. The first-order valence-corrected chi connectivity index (χ1v) is 8.05. The van der Waals surface area contributed by atoms with E-state index in [1.165, 1.54) is 0 Å². The molecule has 0 spiro atoms. The third kappa shape index (κ3) is 2.68. The maximum Gasteiger partial charge on any atom is 0.271 e. The first kappa shape index (κ1) is 14.6. The monoisotopic (exact) mass is 322 g/mol. The molecule has 7 heteroatoms. The zero-order valence-corrected chi connectivity index (χ0v) is 13.1. The van der Waals surface area contributed by atoms with Crippen LogP contribution in [-0.4, -0.2) is 49.3 Å². The molecule has 7 nitrogen and oxygen atoms in total. The Morgan fingerprint density at radius 3 is 2.54 bits per heavy atom. The highest BCUT2D eigenvalue weighted by atomic mass is 16.2. The molecule has 3 aromatic heterocycles. The summed E-state index contributed by atoms with van der Waals surface area (Å²) in [5.41, 5.74) is 3.93. The standard InChI is InChI=1S/C17H18N6O/c24-17(15-3-8-19-21-15)23-9-4-13(5-10-23)16-14(11-20-22-16)12-1-6-18-7-2-12/h1-3,6-8,11,13H,4-5,9-10H2,(H,19,21)(H,20,22). The molecule has 1 aliphatic rings. The Labute approximate surface area is 139 Å². The van der Waals surface area contributed by atoms with E-state index in [2.05, 4.69) is 25.4 Å². The molecule has 3 aromatic rings. The van der Waals surface area contributed by atoms with Crippen LogP contribution in [0.25, 0.3) is 11.1 Å². The number of H-pyrrole nitrogens is 2. The zero-order chi connectivity index (χ0) is 16.4. The van der Waals surface area contributed by atoms with Gasteiger partial charge in [-0.3, -0.25) is 20.0 Å². The minimum absolute atomic E-state index is 0.0184. The van der Waals surface area contributed by atoms with Gasteiger partial charge in [0.05, 0.1) is 6.20 Å². The number of piperidine rings is 1. The molecule has 0 unspecified atom stereocenters. The fourth-order valence-corrected chi connectivity index (χ4v) is 3.29. The predicted octanol–water partition coefficient (Wildman–Crippen LogP) is 2.21. The molecule has 0 aromatic carbocycles. The lowest BCUT2D eigenvalue weighted by atomic mass is 9.89. The number of pyridine rings is 1.